The standard InChI is InChI=1S/C16H14ClN3O2S/c1-8(16(21)22)20-14-13-12(10-3-5-11(17)6-4-10)9(2)23-15(13)19-7-18-14/h3-8H,1-2H3,(H,21,22)(H,18,19,20). The first kappa shape index (κ1) is 15.7. The van der Waals surface area contributed by atoms with Crippen molar-refractivity contribution in [2.45, 2.75) is 19.9 Å². The van der Waals surface area contributed by atoms with Crippen LogP contribution in [0.3, 0.4) is 0 Å². The highest BCUT2D eigenvalue weighted by molar-refractivity contribution is 7.19. The summed E-state index contributed by atoms with van der Waals surface area (Å²) < 4.78 is 0. The van der Waals surface area contributed by atoms with E-state index in [9.17, 15) is 4.79 Å². The number of carbonyl (C=O) groups is 1. The third kappa shape index (κ3) is 3.00. The van der Waals surface area contributed by atoms with Gasteiger partial charge in [-0.1, -0.05) is 23.7 Å². The second-order valence-corrected chi connectivity index (χ2v) is 6.79. The highest BCUT2D eigenvalue weighted by Crippen LogP contribution is 2.40. The quantitative estimate of drug-likeness (QED) is 0.739. The monoisotopic (exact) mass is 347 g/mol. The van der Waals surface area contributed by atoms with Crippen LogP contribution in [-0.2, 0) is 4.79 Å². The van der Waals surface area contributed by atoms with Gasteiger partial charge in [-0.2, -0.15) is 0 Å². The third-order valence-corrected chi connectivity index (χ3v) is 4.79. The number of carboxylic acid groups (broad SMARTS) is 1. The number of aliphatic carboxylic acids is 1. The average Bonchev–Trinajstić information content (AvgIpc) is 2.85. The lowest BCUT2D eigenvalue weighted by atomic mass is 10.0. The van der Waals surface area contributed by atoms with Crippen molar-refractivity contribution in [1.29, 1.82) is 0 Å². The Morgan fingerprint density at radius 3 is 2.65 bits per heavy atom. The van der Waals surface area contributed by atoms with Crippen LogP contribution in [0.4, 0.5) is 5.82 Å². The van der Waals surface area contributed by atoms with Gasteiger partial charge < -0.3 is 10.4 Å². The van der Waals surface area contributed by atoms with E-state index in [0.717, 1.165) is 26.2 Å². The molecule has 0 spiro atoms. The molecule has 0 fully saturated rings. The van der Waals surface area contributed by atoms with Gasteiger partial charge in [0.1, 0.15) is 23.0 Å². The molecular weight excluding hydrogens is 334 g/mol. The van der Waals surface area contributed by atoms with Crippen LogP contribution in [-0.4, -0.2) is 27.1 Å². The first-order chi connectivity index (χ1) is 11.0. The molecule has 0 amide bonds. The molecule has 3 aromatic rings. The number of anilines is 1. The van der Waals surface area contributed by atoms with Crippen LogP contribution in [0.25, 0.3) is 21.3 Å². The van der Waals surface area contributed by atoms with Crippen molar-refractivity contribution in [3.8, 4) is 11.1 Å². The number of nitrogens with zero attached hydrogens (tertiary/aromatic N) is 2. The first-order valence-electron chi connectivity index (χ1n) is 6.96. The number of rotatable bonds is 4. The van der Waals surface area contributed by atoms with E-state index in [4.69, 9.17) is 16.7 Å². The molecule has 2 aromatic heterocycles. The van der Waals surface area contributed by atoms with Crippen LogP contribution in [0.1, 0.15) is 11.8 Å². The molecule has 1 unspecified atom stereocenters. The molecule has 0 bridgehead atoms. The predicted octanol–water partition coefficient (Wildman–Crippen LogP) is 4.21. The lowest BCUT2D eigenvalue weighted by Gasteiger charge is -2.12. The Morgan fingerprint density at radius 1 is 1.30 bits per heavy atom. The number of benzene rings is 1. The smallest absolute Gasteiger partial charge is 0.325 e. The zero-order chi connectivity index (χ0) is 16.6. The van der Waals surface area contributed by atoms with Crippen molar-refractivity contribution in [2.75, 3.05) is 5.32 Å². The topological polar surface area (TPSA) is 75.1 Å². The van der Waals surface area contributed by atoms with Crippen LogP contribution < -0.4 is 5.32 Å². The number of aryl methyl sites for hydroxylation is 1. The van der Waals surface area contributed by atoms with E-state index in [1.165, 1.54) is 6.33 Å². The summed E-state index contributed by atoms with van der Waals surface area (Å²) in [5.41, 5.74) is 2.00. The fourth-order valence-corrected chi connectivity index (χ4v) is 3.52. The van der Waals surface area contributed by atoms with Crippen LogP contribution in [0, 0.1) is 6.92 Å². The number of hydrogen-bond acceptors (Lipinski definition) is 5. The SMILES string of the molecule is Cc1sc2ncnc(NC(C)C(=O)O)c2c1-c1ccc(Cl)cc1. The highest BCUT2D eigenvalue weighted by atomic mass is 35.5. The second-order valence-electron chi connectivity index (χ2n) is 5.15. The summed E-state index contributed by atoms with van der Waals surface area (Å²) in [6, 6.07) is 6.79. The van der Waals surface area contributed by atoms with Gasteiger partial charge in [-0.3, -0.25) is 4.79 Å². The highest BCUT2D eigenvalue weighted by Gasteiger charge is 2.19. The number of thiophene rings is 1. The lowest BCUT2D eigenvalue weighted by molar-refractivity contribution is -0.137. The van der Waals surface area contributed by atoms with Gasteiger partial charge in [0.05, 0.1) is 5.39 Å². The van der Waals surface area contributed by atoms with Gasteiger partial charge in [-0.15, -0.1) is 11.3 Å². The van der Waals surface area contributed by atoms with Crippen LogP contribution >= 0.6 is 22.9 Å². The molecule has 1 aromatic carbocycles. The summed E-state index contributed by atoms with van der Waals surface area (Å²) in [4.78, 5) is 21.6. The predicted molar refractivity (Wildman–Crippen MR) is 93.3 cm³/mol. The fraction of sp³-hybridized carbons (Fsp3) is 0.188. The lowest BCUT2D eigenvalue weighted by Crippen LogP contribution is -2.26. The maximum absolute atomic E-state index is 11.1. The Bertz CT molecular complexity index is 877. The van der Waals surface area contributed by atoms with E-state index in [-0.39, 0.29) is 0 Å². The van der Waals surface area contributed by atoms with Crippen molar-refractivity contribution in [3.05, 3.63) is 40.5 Å². The summed E-state index contributed by atoms with van der Waals surface area (Å²) in [6.45, 7) is 3.60. The zero-order valence-electron chi connectivity index (χ0n) is 12.5. The van der Waals surface area contributed by atoms with E-state index >= 15 is 0 Å². The van der Waals surface area contributed by atoms with Gasteiger partial charge in [0.15, 0.2) is 0 Å². The fourth-order valence-electron chi connectivity index (χ4n) is 2.38. The molecule has 118 valence electrons. The maximum Gasteiger partial charge on any atom is 0.325 e. The molecule has 0 saturated carbocycles. The molecule has 3 rings (SSSR count). The Morgan fingerprint density at radius 2 is 2.00 bits per heavy atom. The molecule has 0 aliphatic carbocycles. The Balaban J connectivity index is 2.19. The molecule has 2 N–H and O–H groups in total. The van der Waals surface area contributed by atoms with Crippen LogP contribution in [0.2, 0.25) is 5.02 Å². The van der Waals surface area contributed by atoms with E-state index in [2.05, 4.69) is 15.3 Å². The van der Waals surface area contributed by atoms with Gasteiger partial charge in [0.2, 0.25) is 0 Å². The summed E-state index contributed by atoms with van der Waals surface area (Å²) in [5.74, 6) is -0.407. The molecule has 23 heavy (non-hydrogen) atoms. The molecule has 0 saturated heterocycles. The summed E-state index contributed by atoms with van der Waals surface area (Å²) in [6.07, 6.45) is 1.45. The van der Waals surface area contributed by atoms with E-state index in [1.54, 1.807) is 18.3 Å². The minimum atomic E-state index is -0.934. The number of fused-ring (bicyclic) bond motifs is 1. The molecule has 1 atom stereocenters. The molecular formula is C16H14ClN3O2S. The maximum atomic E-state index is 11.1. The van der Waals surface area contributed by atoms with Gasteiger partial charge in [-0.05, 0) is 31.5 Å². The first-order valence-corrected chi connectivity index (χ1v) is 8.16. The summed E-state index contributed by atoms with van der Waals surface area (Å²) in [7, 11) is 0. The minimum absolute atomic E-state index is 0.527. The Labute approximate surface area is 142 Å². The van der Waals surface area contributed by atoms with E-state index in [1.807, 2.05) is 31.2 Å². The normalized spacial score (nSPS) is 12.3. The number of nitrogens with one attached hydrogen (secondary N) is 1. The second kappa shape index (κ2) is 6.14. The number of aromatic nitrogens is 2. The molecule has 7 heteroatoms. The van der Waals surface area contributed by atoms with E-state index in [0.29, 0.717) is 10.8 Å². The van der Waals surface area contributed by atoms with Crippen molar-refractivity contribution in [1.82, 2.24) is 9.97 Å². The zero-order valence-corrected chi connectivity index (χ0v) is 14.1. The molecule has 0 aliphatic heterocycles. The summed E-state index contributed by atoms with van der Waals surface area (Å²) in [5, 5.41) is 13.6. The molecule has 5 nitrogen and oxygen atoms in total. The van der Waals surface area contributed by atoms with Gasteiger partial charge >= 0.3 is 5.97 Å². The average molecular weight is 348 g/mol. The Kier molecular flexibility index (Phi) is 4.19. The van der Waals surface area contributed by atoms with Gasteiger partial charge in [0, 0.05) is 15.5 Å². The summed E-state index contributed by atoms with van der Waals surface area (Å²) >= 11 is 7.52. The van der Waals surface area contributed by atoms with Crippen LogP contribution in [0.15, 0.2) is 30.6 Å². The van der Waals surface area contributed by atoms with Crippen molar-refractivity contribution in [3.63, 3.8) is 0 Å². The Hall–Kier alpha value is -2.18. The number of halogens is 1. The molecule has 0 aliphatic rings. The molecule has 0 radical (unpaired) electrons. The third-order valence-electron chi connectivity index (χ3n) is 3.52. The van der Waals surface area contributed by atoms with Crippen LogP contribution in [0.5, 0.6) is 0 Å². The van der Waals surface area contributed by atoms with Crippen molar-refractivity contribution >= 4 is 44.9 Å². The van der Waals surface area contributed by atoms with Gasteiger partial charge in [0.25, 0.3) is 0 Å². The van der Waals surface area contributed by atoms with E-state index < -0.39 is 12.0 Å². The number of carboxylic acids is 1. The van der Waals surface area contributed by atoms with Crippen molar-refractivity contribution < 1.29 is 9.90 Å². The largest absolute Gasteiger partial charge is 0.480 e. The van der Waals surface area contributed by atoms with Crippen molar-refractivity contribution in [2.24, 2.45) is 0 Å². The number of hydrogen-bond donors (Lipinski definition) is 2. The van der Waals surface area contributed by atoms with Gasteiger partial charge in [-0.25, -0.2) is 9.97 Å². The minimum Gasteiger partial charge on any atom is -0.480 e. The molecule has 2 heterocycles.